The molecule has 0 radical (unpaired) electrons. The molecule has 0 bridgehead atoms. The van der Waals surface area contributed by atoms with Crippen LogP contribution in [0.1, 0.15) is 43.1 Å². The maximum absolute atomic E-state index is 12.7. The summed E-state index contributed by atoms with van der Waals surface area (Å²) >= 11 is 0. The molecule has 3 aromatic rings. The number of aryl methyl sites for hydroxylation is 2. The molecule has 1 aromatic carbocycles. The molecule has 1 atom stereocenters. The Kier molecular flexibility index (Phi) is 4.70. The summed E-state index contributed by atoms with van der Waals surface area (Å²) in [6.45, 7) is 3.02. The molecule has 0 spiro atoms. The Balaban J connectivity index is 1.40. The van der Waals surface area contributed by atoms with E-state index in [0.717, 1.165) is 24.2 Å². The first-order chi connectivity index (χ1) is 13.1. The minimum atomic E-state index is -0.0728. The van der Waals surface area contributed by atoms with E-state index in [0.29, 0.717) is 36.8 Å². The highest BCUT2D eigenvalue weighted by molar-refractivity contribution is 5.77. The second-order valence-electron chi connectivity index (χ2n) is 6.84. The van der Waals surface area contributed by atoms with E-state index in [1.165, 1.54) is 0 Å². The van der Waals surface area contributed by atoms with Crippen molar-refractivity contribution in [1.82, 2.24) is 24.8 Å². The van der Waals surface area contributed by atoms with Gasteiger partial charge >= 0.3 is 0 Å². The summed E-state index contributed by atoms with van der Waals surface area (Å²) in [5, 5.41) is 8.38. The third-order valence-corrected chi connectivity index (χ3v) is 5.10. The quantitative estimate of drug-likeness (QED) is 0.686. The minimum absolute atomic E-state index is 0.0613. The van der Waals surface area contributed by atoms with Crippen molar-refractivity contribution in [2.75, 3.05) is 6.54 Å². The van der Waals surface area contributed by atoms with Crippen LogP contribution in [0.3, 0.4) is 0 Å². The van der Waals surface area contributed by atoms with Gasteiger partial charge in [0, 0.05) is 19.5 Å². The molecule has 0 N–H and O–H groups in total. The Hall–Kier alpha value is -3.03. The van der Waals surface area contributed by atoms with Gasteiger partial charge in [0.2, 0.25) is 5.91 Å². The van der Waals surface area contributed by atoms with Gasteiger partial charge in [-0.25, -0.2) is 9.61 Å². The summed E-state index contributed by atoms with van der Waals surface area (Å²) < 4.78 is 6.36. The second-order valence-corrected chi connectivity index (χ2v) is 6.84. The van der Waals surface area contributed by atoms with Crippen molar-refractivity contribution in [1.29, 1.82) is 0 Å². The van der Waals surface area contributed by atoms with E-state index in [1.54, 1.807) is 17.0 Å². The molecule has 140 valence electrons. The number of fused-ring (bicyclic) bond motifs is 1. The SMILES string of the molecule is Cc1nonc1[C@@H]1CCCN1C(=O)CCCn1cnc2ccccc2c1=O. The number of para-hydroxylation sites is 1. The van der Waals surface area contributed by atoms with Gasteiger partial charge in [0.25, 0.3) is 5.56 Å². The van der Waals surface area contributed by atoms with E-state index in [4.69, 9.17) is 4.63 Å². The van der Waals surface area contributed by atoms with Crippen molar-refractivity contribution in [2.45, 2.75) is 45.2 Å². The number of likely N-dealkylation sites (tertiary alicyclic amines) is 1. The van der Waals surface area contributed by atoms with Crippen molar-refractivity contribution in [3.05, 3.63) is 52.3 Å². The first kappa shape index (κ1) is 17.4. The normalized spacial score (nSPS) is 16.9. The van der Waals surface area contributed by atoms with Crippen LogP contribution in [-0.4, -0.2) is 37.2 Å². The highest BCUT2D eigenvalue weighted by Crippen LogP contribution is 2.32. The predicted octanol–water partition coefficient (Wildman–Crippen LogP) is 2.23. The Morgan fingerprint density at radius 1 is 1.30 bits per heavy atom. The second kappa shape index (κ2) is 7.30. The van der Waals surface area contributed by atoms with Crippen molar-refractivity contribution >= 4 is 16.8 Å². The van der Waals surface area contributed by atoms with Gasteiger partial charge in [0.05, 0.1) is 23.3 Å². The molecule has 1 amide bonds. The lowest BCUT2D eigenvalue weighted by molar-refractivity contribution is -0.132. The molecule has 1 saturated heterocycles. The molecule has 1 aliphatic heterocycles. The summed E-state index contributed by atoms with van der Waals surface area (Å²) in [4.78, 5) is 31.4. The number of carbonyl (C=O) groups is 1. The van der Waals surface area contributed by atoms with Gasteiger partial charge < -0.3 is 4.90 Å². The van der Waals surface area contributed by atoms with Gasteiger partial charge in [0.15, 0.2) is 0 Å². The van der Waals surface area contributed by atoms with Crippen molar-refractivity contribution in [3.8, 4) is 0 Å². The fourth-order valence-electron chi connectivity index (χ4n) is 3.70. The van der Waals surface area contributed by atoms with E-state index in [2.05, 4.69) is 15.3 Å². The largest absolute Gasteiger partial charge is 0.334 e. The zero-order valence-electron chi connectivity index (χ0n) is 15.2. The number of hydrogen-bond acceptors (Lipinski definition) is 6. The fourth-order valence-corrected chi connectivity index (χ4v) is 3.70. The molecule has 2 aromatic heterocycles. The average Bonchev–Trinajstić information content (AvgIpc) is 3.32. The van der Waals surface area contributed by atoms with E-state index < -0.39 is 0 Å². The molecule has 1 aliphatic rings. The number of aromatic nitrogens is 4. The molecular weight excluding hydrogens is 346 g/mol. The highest BCUT2D eigenvalue weighted by atomic mass is 16.6. The summed E-state index contributed by atoms with van der Waals surface area (Å²) in [7, 11) is 0. The van der Waals surface area contributed by atoms with E-state index >= 15 is 0 Å². The standard InChI is InChI=1S/C19H21N5O3/c1-13-18(22-27-21-13)16-8-4-11-24(16)17(25)9-5-10-23-12-20-15-7-3-2-6-14(15)19(23)26/h2-3,6-7,12,16H,4-5,8-11H2,1H3/t16-/m0/s1. The summed E-state index contributed by atoms with van der Waals surface area (Å²) in [6.07, 6.45) is 4.32. The Morgan fingerprint density at radius 3 is 2.96 bits per heavy atom. The lowest BCUT2D eigenvalue weighted by Crippen LogP contribution is -2.31. The van der Waals surface area contributed by atoms with Crippen LogP contribution < -0.4 is 5.56 Å². The fraction of sp³-hybridized carbons (Fsp3) is 0.421. The summed E-state index contributed by atoms with van der Waals surface area (Å²) in [6, 6.07) is 7.21. The van der Waals surface area contributed by atoms with Crippen LogP contribution in [0.5, 0.6) is 0 Å². The maximum Gasteiger partial charge on any atom is 0.261 e. The lowest BCUT2D eigenvalue weighted by atomic mass is 10.1. The third-order valence-electron chi connectivity index (χ3n) is 5.10. The molecule has 27 heavy (non-hydrogen) atoms. The topological polar surface area (TPSA) is 94.1 Å². The minimum Gasteiger partial charge on any atom is -0.334 e. The lowest BCUT2D eigenvalue weighted by Gasteiger charge is -2.23. The number of carbonyl (C=O) groups excluding carboxylic acids is 1. The van der Waals surface area contributed by atoms with Crippen LogP contribution in [0, 0.1) is 6.92 Å². The maximum atomic E-state index is 12.7. The van der Waals surface area contributed by atoms with E-state index in [9.17, 15) is 9.59 Å². The Labute approximate surface area is 155 Å². The van der Waals surface area contributed by atoms with Gasteiger partial charge in [-0.1, -0.05) is 22.4 Å². The number of amides is 1. The Bertz CT molecular complexity index is 1030. The van der Waals surface area contributed by atoms with Gasteiger partial charge in [-0.3, -0.25) is 14.2 Å². The van der Waals surface area contributed by atoms with Crippen LogP contribution in [0.25, 0.3) is 10.9 Å². The molecule has 1 fully saturated rings. The van der Waals surface area contributed by atoms with Gasteiger partial charge in [-0.05, 0) is 38.3 Å². The van der Waals surface area contributed by atoms with Crippen LogP contribution >= 0.6 is 0 Å². The van der Waals surface area contributed by atoms with Crippen LogP contribution in [0.2, 0.25) is 0 Å². The number of nitrogens with zero attached hydrogens (tertiary/aromatic N) is 5. The molecule has 8 nitrogen and oxygen atoms in total. The predicted molar refractivity (Wildman–Crippen MR) is 98.0 cm³/mol. The zero-order chi connectivity index (χ0) is 18.8. The average molecular weight is 367 g/mol. The van der Waals surface area contributed by atoms with Gasteiger partial charge in [-0.2, -0.15) is 0 Å². The summed E-state index contributed by atoms with van der Waals surface area (Å²) in [5.74, 6) is 0.0710. The van der Waals surface area contributed by atoms with E-state index in [-0.39, 0.29) is 17.5 Å². The van der Waals surface area contributed by atoms with Gasteiger partial charge in [0.1, 0.15) is 11.4 Å². The van der Waals surface area contributed by atoms with Crippen LogP contribution in [0.4, 0.5) is 0 Å². The monoisotopic (exact) mass is 367 g/mol. The van der Waals surface area contributed by atoms with Crippen molar-refractivity contribution in [2.24, 2.45) is 0 Å². The first-order valence-electron chi connectivity index (χ1n) is 9.18. The molecule has 3 heterocycles. The molecular formula is C19H21N5O3. The third kappa shape index (κ3) is 3.34. The molecule has 0 saturated carbocycles. The number of hydrogen-bond donors (Lipinski definition) is 0. The highest BCUT2D eigenvalue weighted by Gasteiger charge is 2.33. The molecule has 4 rings (SSSR count). The number of benzene rings is 1. The molecule has 0 aliphatic carbocycles. The first-order valence-corrected chi connectivity index (χ1v) is 9.18. The summed E-state index contributed by atoms with van der Waals surface area (Å²) in [5.41, 5.74) is 2.09. The van der Waals surface area contributed by atoms with Crippen molar-refractivity contribution in [3.63, 3.8) is 0 Å². The molecule has 8 heteroatoms. The number of rotatable bonds is 5. The van der Waals surface area contributed by atoms with E-state index in [1.807, 2.05) is 30.0 Å². The van der Waals surface area contributed by atoms with Crippen LogP contribution in [0.15, 0.2) is 40.0 Å². The molecule has 0 unspecified atom stereocenters. The van der Waals surface area contributed by atoms with Crippen molar-refractivity contribution < 1.29 is 9.42 Å². The smallest absolute Gasteiger partial charge is 0.261 e. The zero-order valence-corrected chi connectivity index (χ0v) is 15.2. The Morgan fingerprint density at radius 2 is 2.15 bits per heavy atom. The van der Waals surface area contributed by atoms with Gasteiger partial charge in [-0.15, -0.1) is 0 Å². The van der Waals surface area contributed by atoms with Crippen LogP contribution in [-0.2, 0) is 11.3 Å².